The second-order valence-electron chi connectivity index (χ2n) is 4.19. The van der Waals surface area contributed by atoms with Crippen LogP contribution in [0.1, 0.15) is 13.8 Å². The first kappa shape index (κ1) is 12.1. The summed E-state index contributed by atoms with van der Waals surface area (Å²) in [4.78, 5) is 8.18. The van der Waals surface area contributed by atoms with E-state index in [1.54, 1.807) is 6.20 Å². The van der Waals surface area contributed by atoms with Gasteiger partial charge in [0, 0.05) is 16.0 Å². The second kappa shape index (κ2) is 4.12. The average Bonchev–Trinajstić information content (AvgIpc) is 2.56. The molecule has 0 aliphatic heterocycles. The van der Waals surface area contributed by atoms with Crippen LogP contribution in [0.25, 0.3) is 11.0 Å². The molecule has 1 N–H and O–H groups in total. The summed E-state index contributed by atoms with van der Waals surface area (Å²) in [6, 6.07) is 0. The van der Waals surface area contributed by atoms with Crippen molar-refractivity contribution in [2.75, 3.05) is 6.61 Å². The summed E-state index contributed by atoms with van der Waals surface area (Å²) < 4.78 is 2.98. The van der Waals surface area contributed by atoms with E-state index >= 15 is 0 Å². The monoisotopic (exact) mass is 351 g/mol. The first-order valence-corrected chi connectivity index (χ1v) is 6.22. The van der Waals surface area contributed by atoms with Crippen molar-refractivity contribution in [3.8, 4) is 0 Å². The number of aliphatic hydroxyl groups excluding tert-OH is 1. The summed E-state index contributed by atoms with van der Waals surface area (Å²) in [5.74, 6) is 0. The van der Waals surface area contributed by atoms with Crippen LogP contribution in [0, 0.1) is 3.57 Å². The third-order valence-electron chi connectivity index (χ3n) is 2.51. The molecule has 86 valence electrons. The van der Waals surface area contributed by atoms with Crippen LogP contribution in [0.2, 0.25) is 5.28 Å². The van der Waals surface area contributed by atoms with Gasteiger partial charge in [0.15, 0.2) is 0 Å². The summed E-state index contributed by atoms with van der Waals surface area (Å²) in [6.45, 7) is 3.92. The van der Waals surface area contributed by atoms with Gasteiger partial charge in [-0.25, -0.2) is 4.98 Å². The Morgan fingerprint density at radius 2 is 2.25 bits per heavy atom. The average molecular weight is 352 g/mol. The first-order chi connectivity index (χ1) is 7.45. The Kier molecular flexibility index (Phi) is 3.11. The molecule has 2 aromatic rings. The number of aromatic nitrogens is 3. The molecule has 2 aromatic heterocycles. The molecule has 0 atom stereocenters. The van der Waals surface area contributed by atoms with Crippen molar-refractivity contribution in [1.82, 2.24) is 14.5 Å². The van der Waals surface area contributed by atoms with Gasteiger partial charge in [0.25, 0.3) is 0 Å². The molecule has 2 rings (SSSR count). The molecule has 0 aliphatic rings. The van der Waals surface area contributed by atoms with Gasteiger partial charge in [-0.15, -0.1) is 0 Å². The summed E-state index contributed by atoms with van der Waals surface area (Å²) >= 11 is 8.01. The van der Waals surface area contributed by atoms with Crippen molar-refractivity contribution in [3.63, 3.8) is 0 Å². The molecule has 0 unspecified atom stereocenters. The van der Waals surface area contributed by atoms with Crippen LogP contribution >= 0.6 is 34.2 Å². The standard InChI is InChI=1S/C10H11ClIN3O/c1-10(2,5-16)15-4-7(12)6-3-13-9(11)14-8(6)15/h3-4,16H,5H2,1-2H3. The molecule has 0 amide bonds. The minimum Gasteiger partial charge on any atom is -0.394 e. The maximum atomic E-state index is 9.39. The maximum absolute atomic E-state index is 9.39. The van der Waals surface area contributed by atoms with Crippen LogP contribution < -0.4 is 0 Å². The van der Waals surface area contributed by atoms with Crippen molar-refractivity contribution >= 4 is 45.2 Å². The highest BCUT2D eigenvalue weighted by molar-refractivity contribution is 14.1. The lowest BCUT2D eigenvalue weighted by molar-refractivity contribution is 0.168. The van der Waals surface area contributed by atoms with Gasteiger partial charge in [-0.05, 0) is 48.0 Å². The van der Waals surface area contributed by atoms with Crippen molar-refractivity contribution < 1.29 is 5.11 Å². The minimum absolute atomic E-state index is 0.0362. The molecule has 16 heavy (non-hydrogen) atoms. The largest absolute Gasteiger partial charge is 0.394 e. The minimum atomic E-state index is -0.403. The smallest absolute Gasteiger partial charge is 0.224 e. The van der Waals surface area contributed by atoms with Gasteiger partial charge in [0.05, 0.1) is 17.5 Å². The molecule has 0 fully saturated rings. The van der Waals surface area contributed by atoms with E-state index < -0.39 is 5.54 Å². The molecule has 0 aliphatic carbocycles. The lowest BCUT2D eigenvalue weighted by atomic mass is 10.1. The Morgan fingerprint density at radius 1 is 1.56 bits per heavy atom. The third kappa shape index (κ3) is 1.91. The zero-order valence-electron chi connectivity index (χ0n) is 8.91. The highest BCUT2D eigenvalue weighted by atomic mass is 127. The van der Waals surface area contributed by atoms with Gasteiger partial charge in [-0.2, -0.15) is 4.98 Å². The Morgan fingerprint density at radius 3 is 2.88 bits per heavy atom. The van der Waals surface area contributed by atoms with Crippen LogP contribution in [0.3, 0.4) is 0 Å². The molecular formula is C10H11ClIN3O. The number of fused-ring (bicyclic) bond motifs is 1. The molecule has 0 radical (unpaired) electrons. The quantitative estimate of drug-likeness (QED) is 0.668. The highest BCUT2D eigenvalue weighted by Crippen LogP contribution is 2.27. The first-order valence-electron chi connectivity index (χ1n) is 4.76. The predicted molar refractivity (Wildman–Crippen MR) is 71.7 cm³/mol. The van der Waals surface area contributed by atoms with Crippen molar-refractivity contribution in [3.05, 3.63) is 21.2 Å². The number of hydrogen-bond acceptors (Lipinski definition) is 3. The SMILES string of the molecule is CC(C)(CO)n1cc(I)c2cnc(Cl)nc21. The predicted octanol–water partition coefficient (Wildman–Crippen LogP) is 2.42. The summed E-state index contributed by atoms with van der Waals surface area (Å²) in [5, 5.41) is 10.6. The fourth-order valence-corrected chi connectivity index (χ4v) is 2.27. The zero-order valence-corrected chi connectivity index (χ0v) is 11.8. The lowest BCUT2D eigenvalue weighted by Crippen LogP contribution is -2.29. The van der Waals surface area contributed by atoms with E-state index in [1.165, 1.54) is 0 Å². The van der Waals surface area contributed by atoms with Gasteiger partial charge < -0.3 is 9.67 Å². The molecule has 6 heteroatoms. The van der Waals surface area contributed by atoms with E-state index in [9.17, 15) is 5.11 Å². The van der Waals surface area contributed by atoms with Crippen molar-refractivity contribution in [2.24, 2.45) is 0 Å². The molecular weight excluding hydrogens is 340 g/mol. The molecule has 0 spiro atoms. The van der Waals surface area contributed by atoms with E-state index in [1.807, 2.05) is 24.6 Å². The topological polar surface area (TPSA) is 50.9 Å². The van der Waals surface area contributed by atoms with Crippen molar-refractivity contribution in [1.29, 1.82) is 0 Å². The highest BCUT2D eigenvalue weighted by Gasteiger charge is 2.23. The number of aliphatic hydroxyl groups is 1. The lowest BCUT2D eigenvalue weighted by Gasteiger charge is -2.24. The van der Waals surface area contributed by atoms with Crippen LogP contribution in [0.15, 0.2) is 12.4 Å². The summed E-state index contributed by atoms with van der Waals surface area (Å²) in [5.41, 5.74) is 0.350. The zero-order chi connectivity index (χ0) is 11.9. The van der Waals surface area contributed by atoms with E-state index in [0.717, 1.165) is 14.6 Å². The number of nitrogens with zero attached hydrogens (tertiary/aromatic N) is 3. The Hall–Kier alpha value is -0.400. The fourth-order valence-electron chi connectivity index (χ4n) is 1.49. The molecule has 0 aromatic carbocycles. The molecule has 0 saturated carbocycles. The van der Waals surface area contributed by atoms with Gasteiger partial charge in [0.1, 0.15) is 5.65 Å². The summed E-state index contributed by atoms with van der Waals surface area (Å²) in [6.07, 6.45) is 3.66. The molecule has 0 bridgehead atoms. The van der Waals surface area contributed by atoms with E-state index in [2.05, 4.69) is 32.6 Å². The van der Waals surface area contributed by atoms with Crippen LogP contribution in [0.5, 0.6) is 0 Å². The van der Waals surface area contributed by atoms with Gasteiger partial charge in [-0.3, -0.25) is 0 Å². The third-order valence-corrected chi connectivity index (χ3v) is 3.55. The van der Waals surface area contributed by atoms with Gasteiger partial charge >= 0.3 is 0 Å². The van der Waals surface area contributed by atoms with Crippen LogP contribution in [-0.2, 0) is 5.54 Å². The Bertz CT molecular complexity index is 538. The van der Waals surface area contributed by atoms with E-state index in [0.29, 0.717) is 0 Å². The van der Waals surface area contributed by atoms with Crippen molar-refractivity contribution in [2.45, 2.75) is 19.4 Å². The Labute approximate surface area is 112 Å². The summed E-state index contributed by atoms with van der Waals surface area (Å²) in [7, 11) is 0. The molecule has 4 nitrogen and oxygen atoms in total. The maximum Gasteiger partial charge on any atom is 0.224 e. The second-order valence-corrected chi connectivity index (χ2v) is 5.69. The molecule has 0 saturated heterocycles. The number of hydrogen-bond donors (Lipinski definition) is 1. The van der Waals surface area contributed by atoms with Gasteiger partial charge in [0.2, 0.25) is 5.28 Å². The molecule has 2 heterocycles. The number of rotatable bonds is 2. The normalized spacial score (nSPS) is 12.3. The van der Waals surface area contributed by atoms with E-state index in [-0.39, 0.29) is 11.9 Å². The fraction of sp³-hybridized carbons (Fsp3) is 0.400. The van der Waals surface area contributed by atoms with E-state index in [4.69, 9.17) is 11.6 Å². The Balaban J connectivity index is 2.75. The van der Waals surface area contributed by atoms with Crippen LogP contribution in [0.4, 0.5) is 0 Å². The number of halogens is 2. The van der Waals surface area contributed by atoms with Crippen LogP contribution in [-0.4, -0.2) is 26.2 Å². The van der Waals surface area contributed by atoms with Gasteiger partial charge in [-0.1, -0.05) is 0 Å².